The summed E-state index contributed by atoms with van der Waals surface area (Å²) in [6, 6.07) is 7.61. The maximum atomic E-state index is 12.7. The summed E-state index contributed by atoms with van der Waals surface area (Å²) < 4.78 is 48.9. The molecular weight excluding hydrogens is 363 g/mol. The highest BCUT2D eigenvalue weighted by atomic mass is 19.4. The maximum Gasteiger partial charge on any atom is 0.416 e. The molecule has 0 saturated heterocycles. The van der Waals surface area contributed by atoms with Gasteiger partial charge in [0, 0.05) is 12.3 Å². The normalized spacial score (nSPS) is 12.4. The lowest BCUT2D eigenvalue weighted by atomic mass is 10.1. The van der Waals surface area contributed by atoms with E-state index < -0.39 is 23.8 Å². The van der Waals surface area contributed by atoms with Crippen molar-refractivity contribution in [1.82, 2.24) is 4.98 Å². The van der Waals surface area contributed by atoms with Gasteiger partial charge < -0.3 is 14.6 Å². The van der Waals surface area contributed by atoms with Crippen LogP contribution < -0.4 is 9.47 Å². The Kier molecular flexibility index (Phi) is 7.04. The number of nitrogens with zero attached hydrogens (tertiary/aromatic N) is 1. The molecule has 0 amide bonds. The van der Waals surface area contributed by atoms with Crippen molar-refractivity contribution < 1.29 is 32.5 Å². The minimum Gasteiger partial charge on any atom is -0.479 e. The fraction of sp³-hybridized carbons (Fsp3) is 0.368. The van der Waals surface area contributed by atoms with Gasteiger partial charge >= 0.3 is 12.1 Å². The van der Waals surface area contributed by atoms with Gasteiger partial charge in [-0.05, 0) is 43.2 Å². The molecule has 0 saturated carbocycles. The fourth-order valence-electron chi connectivity index (χ4n) is 2.33. The lowest BCUT2D eigenvalue weighted by Gasteiger charge is -2.15. The van der Waals surface area contributed by atoms with Crippen LogP contribution in [0.3, 0.4) is 0 Å². The molecular formula is C19H20F3NO4. The molecule has 5 nitrogen and oxygen atoms in total. The quantitative estimate of drug-likeness (QED) is 0.595. The summed E-state index contributed by atoms with van der Waals surface area (Å²) in [6.45, 7) is 2.02. The minimum atomic E-state index is -4.48. The van der Waals surface area contributed by atoms with Gasteiger partial charge in [0.05, 0.1) is 5.56 Å². The topological polar surface area (TPSA) is 68.7 Å². The zero-order valence-electron chi connectivity index (χ0n) is 14.7. The Morgan fingerprint density at radius 2 is 1.81 bits per heavy atom. The van der Waals surface area contributed by atoms with Crippen LogP contribution in [0.2, 0.25) is 0 Å². The molecule has 1 atom stereocenters. The first-order valence-corrected chi connectivity index (χ1v) is 8.50. The Hall–Kier alpha value is -2.77. The molecule has 0 fully saturated rings. The van der Waals surface area contributed by atoms with Crippen LogP contribution in [-0.4, -0.2) is 22.2 Å². The van der Waals surface area contributed by atoms with Gasteiger partial charge in [-0.2, -0.15) is 13.2 Å². The van der Waals surface area contributed by atoms with Gasteiger partial charge in [0.2, 0.25) is 5.88 Å². The summed E-state index contributed by atoms with van der Waals surface area (Å²) in [5.74, 6) is -0.642. The van der Waals surface area contributed by atoms with Gasteiger partial charge in [-0.1, -0.05) is 19.8 Å². The smallest absolute Gasteiger partial charge is 0.416 e. The highest BCUT2D eigenvalue weighted by molar-refractivity contribution is 5.72. The van der Waals surface area contributed by atoms with Crippen LogP contribution in [0.1, 0.15) is 38.2 Å². The van der Waals surface area contributed by atoms with Gasteiger partial charge in [-0.25, -0.2) is 9.78 Å². The average Bonchev–Trinajstić information content (AvgIpc) is 2.62. The monoisotopic (exact) mass is 383 g/mol. The van der Waals surface area contributed by atoms with Crippen LogP contribution in [0, 0.1) is 0 Å². The number of rotatable bonds is 9. The summed E-state index contributed by atoms with van der Waals surface area (Å²) in [4.78, 5) is 15.0. The molecule has 1 N–H and O–H groups in total. The van der Waals surface area contributed by atoms with E-state index in [4.69, 9.17) is 9.47 Å². The number of carboxylic acids is 1. The molecule has 0 spiro atoms. The van der Waals surface area contributed by atoms with Crippen LogP contribution in [0.5, 0.6) is 17.4 Å². The number of halogens is 3. The van der Waals surface area contributed by atoms with Gasteiger partial charge in [-0.3, -0.25) is 0 Å². The predicted molar refractivity (Wildman–Crippen MR) is 91.9 cm³/mol. The van der Waals surface area contributed by atoms with E-state index in [1.54, 1.807) is 0 Å². The van der Waals surface area contributed by atoms with Crippen molar-refractivity contribution in [1.29, 1.82) is 0 Å². The number of hydrogen-bond donors (Lipinski definition) is 1. The molecule has 8 heteroatoms. The SMILES string of the molecule is CCCCCC(Oc1ccc(Oc2cc(C(F)(F)F)ccn2)cc1)C(=O)O. The molecule has 2 rings (SSSR count). The number of hydrogen-bond acceptors (Lipinski definition) is 4. The third-order valence-electron chi connectivity index (χ3n) is 3.73. The van der Waals surface area contributed by atoms with Crippen LogP contribution in [0.25, 0.3) is 0 Å². The second-order valence-corrected chi connectivity index (χ2v) is 5.89. The van der Waals surface area contributed by atoms with Crippen LogP contribution in [0.15, 0.2) is 42.6 Å². The van der Waals surface area contributed by atoms with E-state index in [0.29, 0.717) is 12.2 Å². The Balaban J connectivity index is 2.01. The molecule has 0 aliphatic rings. The van der Waals surface area contributed by atoms with E-state index in [9.17, 15) is 23.1 Å². The number of carboxylic acid groups (broad SMARTS) is 1. The molecule has 1 unspecified atom stereocenters. The average molecular weight is 383 g/mol. The largest absolute Gasteiger partial charge is 0.479 e. The molecule has 2 aromatic rings. The second-order valence-electron chi connectivity index (χ2n) is 5.89. The summed E-state index contributed by atoms with van der Waals surface area (Å²) in [5.41, 5.74) is -0.858. The number of unbranched alkanes of at least 4 members (excludes halogenated alkanes) is 2. The van der Waals surface area contributed by atoms with E-state index in [1.165, 1.54) is 24.3 Å². The van der Waals surface area contributed by atoms with Crippen LogP contribution in [0.4, 0.5) is 13.2 Å². The van der Waals surface area contributed by atoms with E-state index >= 15 is 0 Å². The molecule has 1 aromatic heterocycles. The summed E-state index contributed by atoms with van der Waals surface area (Å²) in [7, 11) is 0. The standard InChI is InChI=1S/C19H20F3NO4/c1-2-3-4-5-16(18(24)25)26-14-6-8-15(9-7-14)27-17-12-13(10-11-23-17)19(20,21)22/h6-12,16H,2-5H2,1H3,(H,24,25). The molecule has 1 heterocycles. The molecule has 27 heavy (non-hydrogen) atoms. The van der Waals surface area contributed by atoms with Gasteiger partial charge in [0.1, 0.15) is 11.5 Å². The Morgan fingerprint density at radius 1 is 1.15 bits per heavy atom. The van der Waals surface area contributed by atoms with Crippen molar-refractivity contribution in [3.05, 3.63) is 48.2 Å². The van der Waals surface area contributed by atoms with Gasteiger partial charge in [0.25, 0.3) is 0 Å². The summed E-state index contributed by atoms with van der Waals surface area (Å²) in [6.07, 6.45) is -1.38. The van der Waals surface area contributed by atoms with E-state index in [1.807, 2.05) is 6.92 Å². The van der Waals surface area contributed by atoms with Crippen molar-refractivity contribution in [2.24, 2.45) is 0 Å². The predicted octanol–water partition coefficient (Wildman–Crippen LogP) is 5.31. The Bertz CT molecular complexity index is 747. The highest BCUT2D eigenvalue weighted by Crippen LogP contribution is 2.32. The highest BCUT2D eigenvalue weighted by Gasteiger charge is 2.31. The number of carbonyl (C=O) groups is 1. The van der Waals surface area contributed by atoms with Crippen molar-refractivity contribution in [2.45, 2.75) is 44.9 Å². The number of pyridine rings is 1. The number of aromatic nitrogens is 1. The third-order valence-corrected chi connectivity index (χ3v) is 3.73. The third kappa shape index (κ3) is 6.47. The first-order valence-electron chi connectivity index (χ1n) is 8.50. The zero-order valence-corrected chi connectivity index (χ0v) is 14.7. The molecule has 0 aliphatic carbocycles. The zero-order chi connectivity index (χ0) is 19.9. The molecule has 146 valence electrons. The number of alkyl halides is 3. The van der Waals surface area contributed by atoms with Gasteiger partial charge in [0.15, 0.2) is 6.10 Å². The lowest BCUT2D eigenvalue weighted by Crippen LogP contribution is -2.26. The fourth-order valence-corrected chi connectivity index (χ4v) is 2.33. The van der Waals surface area contributed by atoms with E-state index in [0.717, 1.165) is 37.6 Å². The van der Waals surface area contributed by atoms with Gasteiger partial charge in [-0.15, -0.1) is 0 Å². The second kappa shape index (κ2) is 9.25. The van der Waals surface area contributed by atoms with Crippen molar-refractivity contribution in [2.75, 3.05) is 0 Å². The lowest BCUT2D eigenvalue weighted by molar-refractivity contribution is -0.145. The molecule has 0 aliphatic heterocycles. The molecule has 0 bridgehead atoms. The molecule has 0 radical (unpaired) electrons. The van der Waals surface area contributed by atoms with Crippen molar-refractivity contribution in [3.63, 3.8) is 0 Å². The number of aliphatic carboxylic acids is 1. The maximum absolute atomic E-state index is 12.7. The summed E-state index contributed by atoms with van der Waals surface area (Å²) >= 11 is 0. The van der Waals surface area contributed by atoms with Crippen LogP contribution in [-0.2, 0) is 11.0 Å². The molecule has 1 aromatic carbocycles. The first kappa shape index (κ1) is 20.5. The summed E-state index contributed by atoms with van der Waals surface area (Å²) in [5, 5.41) is 9.23. The Morgan fingerprint density at radius 3 is 2.41 bits per heavy atom. The number of benzene rings is 1. The van der Waals surface area contributed by atoms with E-state index in [-0.39, 0.29) is 11.6 Å². The van der Waals surface area contributed by atoms with E-state index in [2.05, 4.69) is 4.98 Å². The number of ether oxygens (including phenoxy) is 2. The van der Waals surface area contributed by atoms with Crippen molar-refractivity contribution in [3.8, 4) is 17.4 Å². The first-order chi connectivity index (χ1) is 12.8. The minimum absolute atomic E-state index is 0.193. The van der Waals surface area contributed by atoms with Crippen LogP contribution >= 0.6 is 0 Å². The Labute approximate surface area is 154 Å². The van der Waals surface area contributed by atoms with Crippen molar-refractivity contribution >= 4 is 5.97 Å².